The Morgan fingerprint density at radius 1 is 1.69 bits per heavy atom. The van der Waals surface area contributed by atoms with Crippen molar-refractivity contribution in [1.82, 2.24) is 15.1 Å². The minimum Gasteiger partial charge on any atom is -0.341 e. The van der Waals surface area contributed by atoms with Gasteiger partial charge in [-0.15, -0.1) is 0 Å². The molecule has 0 aliphatic carbocycles. The Balaban J connectivity index is 2.31. The summed E-state index contributed by atoms with van der Waals surface area (Å²) in [5.41, 5.74) is 0.662. The number of amides is 1. The van der Waals surface area contributed by atoms with Crippen molar-refractivity contribution in [2.45, 2.75) is 24.9 Å². The Kier molecular flexibility index (Phi) is 2.59. The van der Waals surface area contributed by atoms with E-state index in [1.807, 2.05) is 0 Å². The monoisotopic (exact) mass is 224 g/mol. The summed E-state index contributed by atoms with van der Waals surface area (Å²) in [5, 5.41) is 17.5. The largest absolute Gasteiger partial charge is 0.341 e. The number of carbonyl (C=O) groups is 1. The van der Waals surface area contributed by atoms with Gasteiger partial charge >= 0.3 is 0 Å². The van der Waals surface area contributed by atoms with E-state index in [1.165, 1.54) is 0 Å². The van der Waals surface area contributed by atoms with Crippen LogP contribution in [0.2, 0.25) is 0 Å². The van der Waals surface area contributed by atoms with E-state index in [-0.39, 0.29) is 23.7 Å². The van der Waals surface area contributed by atoms with Crippen molar-refractivity contribution in [2.24, 2.45) is 7.05 Å². The lowest BCUT2D eigenvalue weighted by Crippen LogP contribution is -2.45. The standard InChI is InChI=1S/C9H12N4O3/c1-12-6(4-5-10-12)9-7(13(15)16)2-3-8(14)11-9/h4-5,7,9H,2-3H2,1H3,(H,11,14)/t7-,9-/m1/s1. The fourth-order valence-corrected chi connectivity index (χ4v) is 1.97. The Labute approximate surface area is 91.6 Å². The van der Waals surface area contributed by atoms with E-state index < -0.39 is 12.1 Å². The maximum absolute atomic E-state index is 11.3. The van der Waals surface area contributed by atoms with Crippen LogP contribution < -0.4 is 5.32 Å². The predicted octanol–water partition coefficient (Wildman–Crippen LogP) is 0.0165. The van der Waals surface area contributed by atoms with Gasteiger partial charge in [-0.05, 0) is 6.07 Å². The Morgan fingerprint density at radius 3 is 3.00 bits per heavy atom. The van der Waals surface area contributed by atoms with Gasteiger partial charge in [0.1, 0.15) is 6.04 Å². The van der Waals surface area contributed by atoms with Crippen molar-refractivity contribution in [3.8, 4) is 0 Å². The molecule has 1 aliphatic heterocycles. The molecule has 7 nitrogen and oxygen atoms in total. The number of nitro groups is 1. The van der Waals surface area contributed by atoms with Crippen molar-refractivity contribution < 1.29 is 9.72 Å². The number of aryl methyl sites for hydroxylation is 1. The van der Waals surface area contributed by atoms with E-state index in [2.05, 4.69) is 10.4 Å². The van der Waals surface area contributed by atoms with Crippen molar-refractivity contribution in [3.05, 3.63) is 28.1 Å². The summed E-state index contributed by atoms with van der Waals surface area (Å²) in [6, 6.07) is 0.337. The molecule has 1 aromatic rings. The molecule has 1 saturated heterocycles. The molecule has 0 aromatic carbocycles. The number of hydrogen-bond donors (Lipinski definition) is 1. The maximum Gasteiger partial charge on any atom is 0.239 e. The van der Waals surface area contributed by atoms with E-state index in [1.54, 1.807) is 24.0 Å². The minimum absolute atomic E-state index is 0.149. The van der Waals surface area contributed by atoms with Crippen LogP contribution in [0.3, 0.4) is 0 Å². The van der Waals surface area contributed by atoms with Gasteiger partial charge in [-0.2, -0.15) is 5.10 Å². The van der Waals surface area contributed by atoms with Crippen molar-refractivity contribution in [1.29, 1.82) is 0 Å². The van der Waals surface area contributed by atoms with Gasteiger partial charge < -0.3 is 5.32 Å². The molecule has 2 rings (SSSR count). The molecule has 1 amide bonds. The average Bonchev–Trinajstić information content (AvgIpc) is 2.63. The van der Waals surface area contributed by atoms with Gasteiger partial charge in [0.2, 0.25) is 11.9 Å². The fourth-order valence-electron chi connectivity index (χ4n) is 1.97. The van der Waals surface area contributed by atoms with Crippen LogP contribution >= 0.6 is 0 Å². The molecule has 0 radical (unpaired) electrons. The zero-order chi connectivity index (χ0) is 11.7. The highest BCUT2D eigenvalue weighted by molar-refractivity contribution is 5.77. The molecule has 1 aliphatic rings. The SMILES string of the molecule is Cn1nccc1[C@H]1NC(=O)CC[C@H]1[N+](=O)[O-]. The molecule has 2 heterocycles. The second kappa shape index (κ2) is 3.92. The Morgan fingerprint density at radius 2 is 2.44 bits per heavy atom. The summed E-state index contributed by atoms with van der Waals surface area (Å²) in [7, 11) is 1.70. The smallest absolute Gasteiger partial charge is 0.239 e. The number of aromatic nitrogens is 2. The molecule has 0 spiro atoms. The van der Waals surface area contributed by atoms with E-state index >= 15 is 0 Å². The third-order valence-corrected chi connectivity index (χ3v) is 2.82. The number of nitrogens with zero attached hydrogens (tertiary/aromatic N) is 3. The Hall–Kier alpha value is -1.92. The zero-order valence-corrected chi connectivity index (χ0v) is 8.79. The molecule has 1 N–H and O–H groups in total. The lowest BCUT2D eigenvalue weighted by Gasteiger charge is -2.26. The summed E-state index contributed by atoms with van der Waals surface area (Å²) in [4.78, 5) is 21.9. The topological polar surface area (TPSA) is 90.1 Å². The van der Waals surface area contributed by atoms with Gasteiger partial charge in [0.05, 0.1) is 5.69 Å². The Bertz CT molecular complexity index is 428. The molecule has 86 valence electrons. The molecule has 0 unspecified atom stereocenters. The number of nitrogens with one attached hydrogen (secondary N) is 1. The number of carbonyl (C=O) groups excluding carboxylic acids is 1. The second-order valence-electron chi connectivity index (χ2n) is 3.82. The summed E-state index contributed by atoms with van der Waals surface area (Å²) in [6.45, 7) is 0. The van der Waals surface area contributed by atoms with Crippen LogP contribution in [0.1, 0.15) is 24.6 Å². The minimum atomic E-state index is -0.770. The lowest BCUT2D eigenvalue weighted by molar-refractivity contribution is -0.530. The van der Waals surface area contributed by atoms with Gasteiger partial charge in [0.15, 0.2) is 0 Å². The summed E-state index contributed by atoms with van der Waals surface area (Å²) >= 11 is 0. The molecule has 2 atom stereocenters. The van der Waals surface area contributed by atoms with Crippen LogP contribution in [0.15, 0.2) is 12.3 Å². The highest BCUT2D eigenvalue weighted by atomic mass is 16.6. The second-order valence-corrected chi connectivity index (χ2v) is 3.82. The van der Waals surface area contributed by atoms with Crippen LogP contribution in [-0.4, -0.2) is 26.7 Å². The first kappa shape index (κ1) is 10.6. The maximum atomic E-state index is 11.3. The number of piperidine rings is 1. The van der Waals surface area contributed by atoms with Gasteiger partial charge in [-0.1, -0.05) is 0 Å². The van der Waals surface area contributed by atoms with Crippen molar-refractivity contribution in [3.63, 3.8) is 0 Å². The van der Waals surface area contributed by atoms with E-state index in [0.717, 1.165) is 0 Å². The highest BCUT2D eigenvalue weighted by Gasteiger charge is 2.39. The first-order chi connectivity index (χ1) is 7.59. The first-order valence-corrected chi connectivity index (χ1v) is 5.00. The van der Waals surface area contributed by atoms with Gasteiger partial charge in [0, 0.05) is 31.0 Å². The highest BCUT2D eigenvalue weighted by Crippen LogP contribution is 2.25. The summed E-state index contributed by atoms with van der Waals surface area (Å²) in [6.07, 6.45) is 2.04. The van der Waals surface area contributed by atoms with Gasteiger partial charge in [-0.25, -0.2) is 0 Å². The van der Waals surface area contributed by atoms with Crippen LogP contribution in [0.25, 0.3) is 0 Å². The fraction of sp³-hybridized carbons (Fsp3) is 0.556. The molecule has 1 aromatic heterocycles. The summed E-state index contributed by atoms with van der Waals surface area (Å²) < 4.78 is 1.55. The number of hydrogen-bond acceptors (Lipinski definition) is 4. The van der Waals surface area contributed by atoms with Crippen LogP contribution in [0.4, 0.5) is 0 Å². The predicted molar refractivity (Wildman–Crippen MR) is 54.1 cm³/mol. The third-order valence-electron chi connectivity index (χ3n) is 2.82. The van der Waals surface area contributed by atoms with Crippen molar-refractivity contribution in [2.75, 3.05) is 0 Å². The molecular formula is C9H12N4O3. The molecular weight excluding hydrogens is 212 g/mol. The summed E-state index contributed by atoms with van der Waals surface area (Å²) in [5.74, 6) is -0.149. The molecule has 1 fully saturated rings. The average molecular weight is 224 g/mol. The van der Waals surface area contributed by atoms with E-state index in [9.17, 15) is 14.9 Å². The van der Waals surface area contributed by atoms with Crippen LogP contribution in [-0.2, 0) is 11.8 Å². The third kappa shape index (κ3) is 1.75. The molecule has 0 bridgehead atoms. The van der Waals surface area contributed by atoms with E-state index in [0.29, 0.717) is 5.69 Å². The zero-order valence-electron chi connectivity index (χ0n) is 8.79. The quantitative estimate of drug-likeness (QED) is 0.566. The van der Waals surface area contributed by atoms with Gasteiger partial charge in [-0.3, -0.25) is 19.6 Å². The van der Waals surface area contributed by atoms with Gasteiger partial charge in [0.25, 0.3) is 0 Å². The van der Waals surface area contributed by atoms with Crippen LogP contribution in [0, 0.1) is 10.1 Å². The van der Waals surface area contributed by atoms with Crippen molar-refractivity contribution >= 4 is 5.91 Å². The molecule has 7 heteroatoms. The van der Waals surface area contributed by atoms with E-state index in [4.69, 9.17) is 0 Å². The number of rotatable bonds is 2. The molecule has 16 heavy (non-hydrogen) atoms. The van der Waals surface area contributed by atoms with Crippen LogP contribution in [0.5, 0.6) is 0 Å². The normalized spacial score (nSPS) is 25.2. The molecule has 0 saturated carbocycles. The first-order valence-electron chi connectivity index (χ1n) is 5.00. The lowest BCUT2D eigenvalue weighted by atomic mass is 9.96.